The van der Waals surface area contributed by atoms with E-state index < -0.39 is 0 Å². The Morgan fingerprint density at radius 2 is 1.68 bits per heavy atom. The van der Waals surface area contributed by atoms with E-state index in [1.807, 2.05) is 4.90 Å². The van der Waals surface area contributed by atoms with Crippen LogP contribution in [0.1, 0.15) is 65.7 Å². The summed E-state index contributed by atoms with van der Waals surface area (Å²) in [5.41, 5.74) is 2.36. The van der Waals surface area contributed by atoms with Gasteiger partial charge in [-0.25, -0.2) is 0 Å². The lowest BCUT2D eigenvalue weighted by Crippen LogP contribution is -2.63. The topological polar surface area (TPSA) is 49.9 Å². The minimum Gasteiger partial charge on any atom is -0.367 e. The van der Waals surface area contributed by atoms with Gasteiger partial charge in [0.15, 0.2) is 0 Å². The third-order valence-corrected chi connectivity index (χ3v) is 7.44. The fourth-order valence-corrected chi connectivity index (χ4v) is 5.34. The zero-order chi connectivity index (χ0) is 19.9. The summed E-state index contributed by atoms with van der Waals surface area (Å²) in [5.74, 6) is 1.51. The second-order valence-corrected chi connectivity index (χ2v) is 10.2. The quantitative estimate of drug-likeness (QED) is 0.745. The Morgan fingerprint density at radius 1 is 0.964 bits per heavy atom. The third kappa shape index (κ3) is 3.74. The smallest absolute Gasteiger partial charge is 0.252 e. The summed E-state index contributed by atoms with van der Waals surface area (Å²) in [6, 6.07) is 0. The zero-order valence-corrected chi connectivity index (χ0v) is 17.8. The van der Waals surface area contributed by atoms with Crippen molar-refractivity contribution in [3.63, 3.8) is 0 Å². The average Bonchev–Trinajstić information content (AvgIpc) is 2.85. The van der Waals surface area contributed by atoms with Gasteiger partial charge in [-0.05, 0) is 57.3 Å². The largest absolute Gasteiger partial charge is 0.367 e. The second kappa shape index (κ2) is 7.81. The summed E-state index contributed by atoms with van der Waals surface area (Å²) in [6.45, 7) is 10.5. The van der Waals surface area contributed by atoms with Crippen molar-refractivity contribution in [1.82, 2.24) is 9.80 Å². The molecule has 5 nitrogen and oxygen atoms in total. The lowest BCUT2D eigenvalue weighted by atomic mass is 9.78. The fourth-order valence-electron chi connectivity index (χ4n) is 5.34. The van der Waals surface area contributed by atoms with Crippen molar-refractivity contribution in [2.75, 3.05) is 32.8 Å². The SMILES string of the molecule is CC1=C(C(=O)N2CCCCC(C3CN(C(=O)C4OCC4(C)C)C3)C2)CCCC1. The van der Waals surface area contributed by atoms with Crippen LogP contribution in [-0.2, 0) is 14.3 Å². The number of carbonyl (C=O) groups is 2. The van der Waals surface area contributed by atoms with Gasteiger partial charge in [0.1, 0.15) is 6.10 Å². The summed E-state index contributed by atoms with van der Waals surface area (Å²) in [4.78, 5) is 29.9. The molecule has 0 N–H and O–H groups in total. The molecule has 5 heteroatoms. The van der Waals surface area contributed by atoms with Crippen LogP contribution in [0.25, 0.3) is 0 Å². The number of hydrogen-bond acceptors (Lipinski definition) is 3. The van der Waals surface area contributed by atoms with Gasteiger partial charge in [0.25, 0.3) is 5.91 Å². The summed E-state index contributed by atoms with van der Waals surface area (Å²) in [5, 5.41) is 0. The molecule has 4 rings (SSSR count). The molecule has 2 unspecified atom stereocenters. The normalized spacial score (nSPS) is 31.1. The van der Waals surface area contributed by atoms with Crippen molar-refractivity contribution in [2.45, 2.75) is 71.8 Å². The maximum absolute atomic E-state index is 13.2. The molecule has 156 valence electrons. The first kappa shape index (κ1) is 19.9. The predicted octanol–water partition coefficient (Wildman–Crippen LogP) is 3.39. The van der Waals surface area contributed by atoms with Gasteiger partial charge in [0.05, 0.1) is 6.61 Å². The highest BCUT2D eigenvalue weighted by Gasteiger charge is 2.49. The van der Waals surface area contributed by atoms with Gasteiger partial charge < -0.3 is 14.5 Å². The van der Waals surface area contributed by atoms with Crippen LogP contribution in [-0.4, -0.2) is 60.5 Å². The summed E-state index contributed by atoms with van der Waals surface area (Å²) in [6.07, 6.45) is 7.62. The number of amides is 2. The van der Waals surface area contributed by atoms with Crippen LogP contribution in [0.4, 0.5) is 0 Å². The van der Waals surface area contributed by atoms with Crippen molar-refractivity contribution in [1.29, 1.82) is 0 Å². The van der Waals surface area contributed by atoms with E-state index in [2.05, 4.69) is 25.7 Å². The number of nitrogens with zero attached hydrogens (tertiary/aromatic N) is 2. The first-order valence-corrected chi connectivity index (χ1v) is 11.2. The lowest BCUT2D eigenvalue weighted by Gasteiger charge is -2.50. The first-order chi connectivity index (χ1) is 13.4. The van der Waals surface area contributed by atoms with Crippen molar-refractivity contribution in [2.24, 2.45) is 17.3 Å². The summed E-state index contributed by atoms with van der Waals surface area (Å²) < 4.78 is 5.54. The number of ether oxygens (including phenoxy) is 1. The molecule has 3 aliphatic heterocycles. The average molecular weight is 389 g/mol. The first-order valence-electron chi connectivity index (χ1n) is 11.2. The molecule has 2 amide bonds. The monoisotopic (exact) mass is 388 g/mol. The van der Waals surface area contributed by atoms with E-state index >= 15 is 0 Å². The summed E-state index contributed by atoms with van der Waals surface area (Å²) in [7, 11) is 0. The highest BCUT2D eigenvalue weighted by atomic mass is 16.5. The van der Waals surface area contributed by atoms with Gasteiger partial charge in [-0.3, -0.25) is 9.59 Å². The molecule has 0 saturated carbocycles. The fraction of sp³-hybridized carbons (Fsp3) is 0.826. The van der Waals surface area contributed by atoms with Crippen LogP contribution < -0.4 is 0 Å². The maximum Gasteiger partial charge on any atom is 0.252 e. The molecule has 28 heavy (non-hydrogen) atoms. The van der Waals surface area contributed by atoms with Gasteiger partial charge >= 0.3 is 0 Å². The molecular weight excluding hydrogens is 352 g/mol. The Kier molecular flexibility index (Phi) is 5.56. The van der Waals surface area contributed by atoms with Crippen molar-refractivity contribution in [3.05, 3.63) is 11.1 Å². The Balaban J connectivity index is 1.34. The van der Waals surface area contributed by atoms with Crippen LogP contribution in [0.15, 0.2) is 11.1 Å². The van der Waals surface area contributed by atoms with E-state index in [9.17, 15) is 9.59 Å². The van der Waals surface area contributed by atoms with Crippen molar-refractivity contribution >= 4 is 11.8 Å². The Bertz CT molecular complexity index is 663. The van der Waals surface area contributed by atoms with Gasteiger partial charge in [-0.1, -0.05) is 25.8 Å². The van der Waals surface area contributed by atoms with E-state index in [4.69, 9.17) is 4.74 Å². The molecule has 0 aromatic heterocycles. The molecule has 3 fully saturated rings. The molecular formula is C23H36N2O3. The van der Waals surface area contributed by atoms with E-state index in [1.54, 1.807) is 0 Å². The minimum atomic E-state index is -0.262. The molecule has 4 aliphatic rings. The van der Waals surface area contributed by atoms with Gasteiger partial charge in [-0.15, -0.1) is 0 Å². The highest BCUT2D eigenvalue weighted by molar-refractivity contribution is 5.94. The van der Waals surface area contributed by atoms with Gasteiger partial charge in [0, 0.05) is 37.2 Å². The second-order valence-electron chi connectivity index (χ2n) is 10.2. The molecule has 3 heterocycles. The molecule has 2 atom stereocenters. The van der Waals surface area contributed by atoms with Crippen LogP contribution >= 0.6 is 0 Å². The van der Waals surface area contributed by atoms with Crippen LogP contribution in [0.5, 0.6) is 0 Å². The molecule has 0 bridgehead atoms. The summed E-state index contributed by atoms with van der Waals surface area (Å²) >= 11 is 0. The molecule has 0 aromatic rings. The van der Waals surface area contributed by atoms with E-state index in [0.717, 1.165) is 57.4 Å². The highest BCUT2D eigenvalue weighted by Crippen LogP contribution is 2.38. The number of likely N-dealkylation sites (tertiary alicyclic amines) is 2. The molecule has 0 radical (unpaired) electrons. The standard InChI is InChI=1S/C23H36N2O3/c1-16-8-4-5-10-19(16)21(26)24-11-7-6-9-17(12-24)18-13-25(14-18)22(27)20-23(2,3)15-28-20/h17-18,20H,4-15H2,1-3H3. The number of allylic oxidation sites excluding steroid dienone is 1. The minimum absolute atomic E-state index is 0.0285. The zero-order valence-electron chi connectivity index (χ0n) is 17.8. The number of hydrogen-bond donors (Lipinski definition) is 0. The van der Waals surface area contributed by atoms with Crippen molar-refractivity contribution in [3.8, 4) is 0 Å². The van der Waals surface area contributed by atoms with Gasteiger partial charge in [-0.2, -0.15) is 0 Å². The van der Waals surface area contributed by atoms with Crippen molar-refractivity contribution < 1.29 is 14.3 Å². The Labute approximate surface area is 169 Å². The van der Waals surface area contributed by atoms with E-state index in [1.165, 1.54) is 24.8 Å². The van der Waals surface area contributed by atoms with E-state index in [0.29, 0.717) is 24.3 Å². The number of rotatable bonds is 3. The predicted molar refractivity (Wildman–Crippen MR) is 109 cm³/mol. The van der Waals surface area contributed by atoms with Crippen LogP contribution in [0.2, 0.25) is 0 Å². The van der Waals surface area contributed by atoms with E-state index in [-0.39, 0.29) is 17.4 Å². The van der Waals surface area contributed by atoms with Crippen LogP contribution in [0.3, 0.4) is 0 Å². The molecule has 0 aromatic carbocycles. The molecule has 3 saturated heterocycles. The third-order valence-electron chi connectivity index (χ3n) is 7.44. The molecule has 1 aliphatic carbocycles. The lowest BCUT2D eigenvalue weighted by molar-refractivity contribution is -0.198. The maximum atomic E-state index is 13.2. The van der Waals surface area contributed by atoms with Crippen LogP contribution in [0, 0.1) is 17.3 Å². The molecule has 0 spiro atoms. The number of carbonyl (C=O) groups excluding carboxylic acids is 2. The van der Waals surface area contributed by atoms with Gasteiger partial charge in [0.2, 0.25) is 5.91 Å². The Morgan fingerprint density at radius 3 is 2.32 bits per heavy atom. The Hall–Kier alpha value is -1.36.